The number of carbonyl (C=O) groups excluding carboxylic acids is 1. The molecule has 1 aliphatic rings. The normalized spacial score (nSPS) is 14.4. The van der Waals surface area contributed by atoms with Crippen molar-refractivity contribution in [1.29, 1.82) is 0 Å². The standard InChI is InChI=1S/C12H15ClN4O3.2ClH/c13-9-1-2-10(11(7-9)17(19)20)15-12(18)8-16-5-3-14-4-6-16;;/h1-2,7,14H,3-6,8H2,(H,15,18);2*1H. The molecule has 1 saturated heterocycles. The lowest BCUT2D eigenvalue weighted by Gasteiger charge is -2.26. The zero-order chi connectivity index (χ0) is 14.5. The number of nitro benzene ring substituents is 1. The summed E-state index contributed by atoms with van der Waals surface area (Å²) in [5.74, 6) is -0.266. The molecule has 1 amide bonds. The summed E-state index contributed by atoms with van der Waals surface area (Å²) in [5.41, 5.74) is -0.0364. The molecule has 1 heterocycles. The molecular formula is C12H17Cl3N4O3. The molecular weight excluding hydrogens is 355 g/mol. The molecule has 2 rings (SSSR count). The number of rotatable bonds is 4. The summed E-state index contributed by atoms with van der Waals surface area (Å²) in [6.07, 6.45) is 0. The van der Waals surface area contributed by atoms with E-state index in [1.165, 1.54) is 18.2 Å². The van der Waals surface area contributed by atoms with Crippen molar-refractivity contribution in [3.8, 4) is 0 Å². The molecule has 2 N–H and O–H groups in total. The van der Waals surface area contributed by atoms with Gasteiger partial charge in [-0.15, -0.1) is 24.8 Å². The molecule has 0 bridgehead atoms. The number of hydrogen-bond acceptors (Lipinski definition) is 5. The number of amides is 1. The Morgan fingerprint density at radius 2 is 2.00 bits per heavy atom. The summed E-state index contributed by atoms with van der Waals surface area (Å²) in [6.45, 7) is 3.48. The lowest BCUT2D eigenvalue weighted by atomic mass is 10.2. The molecule has 1 aliphatic heterocycles. The fraction of sp³-hybridized carbons (Fsp3) is 0.417. The second-order valence-electron chi connectivity index (χ2n) is 4.49. The third-order valence-corrected chi connectivity index (χ3v) is 3.24. The molecule has 7 nitrogen and oxygen atoms in total. The number of benzene rings is 1. The van der Waals surface area contributed by atoms with Gasteiger partial charge in [0.25, 0.3) is 5.69 Å². The van der Waals surface area contributed by atoms with Crippen LogP contribution in [0.5, 0.6) is 0 Å². The maximum atomic E-state index is 11.9. The maximum absolute atomic E-state index is 11.9. The van der Waals surface area contributed by atoms with Gasteiger partial charge in [-0.1, -0.05) is 11.6 Å². The van der Waals surface area contributed by atoms with E-state index >= 15 is 0 Å². The van der Waals surface area contributed by atoms with Gasteiger partial charge in [0.05, 0.1) is 11.5 Å². The minimum Gasteiger partial charge on any atom is -0.319 e. The number of anilines is 1. The van der Waals surface area contributed by atoms with Gasteiger partial charge >= 0.3 is 0 Å². The number of piperazine rings is 1. The van der Waals surface area contributed by atoms with Crippen molar-refractivity contribution >= 4 is 53.7 Å². The Bertz CT molecular complexity index is 524. The molecule has 22 heavy (non-hydrogen) atoms. The van der Waals surface area contributed by atoms with Crippen LogP contribution in [0.3, 0.4) is 0 Å². The van der Waals surface area contributed by atoms with E-state index in [1.54, 1.807) is 0 Å². The van der Waals surface area contributed by atoms with Crippen LogP contribution < -0.4 is 10.6 Å². The van der Waals surface area contributed by atoms with Crippen LogP contribution in [0.4, 0.5) is 11.4 Å². The van der Waals surface area contributed by atoms with Crippen molar-refractivity contribution in [2.75, 3.05) is 38.0 Å². The van der Waals surface area contributed by atoms with Crippen LogP contribution in [0.15, 0.2) is 18.2 Å². The van der Waals surface area contributed by atoms with Crippen molar-refractivity contribution in [1.82, 2.24) is 10.2 Å². The van der Waals surface area contributed by atoms with Crippen LogP contribution >= 0.6 is 36.4 Å². The first kappa shape index (κ1) is 20.9. The second-order valence-corrected chi connectivity index (χ2v) is 4.93. The van der Waals surface area contributed by atoms with E-state index in [-0.39, 0.29) is 53.7 Å². The fourth-order valence-electron chi connectivity index (χ4n) is 2.02. The van der Waals surface area contributed by atoms with Crippen LogP contribution in [0.25, 0.3) is 0 Å². The summed E-state index contributed by atoms with van der Waals surface area (Å²) in [7, 11) is 0. The number of nitrogens with zero attached hydrogens (tertiary/aromatic N) is 2. The van der Waals surface area contributed by atoms with Gasteiger partial charge in [0.2, 0.25) is 5.91 Å². The third kappa shape index (κ3) is 5.94. The number of nitrogens with one attached hydrogen (secondary N) is 2. The van der Waals surface area contributed by atoms with Crippen LogP contribution in [0.2, 0.25) is 5.02 Å². The molecule has 1 aromatic carbocycles. The van der Waals surface area contributed by atoms with E-state index in [1.807, 2.05) is 4.90 Å². The van der Waals surface area contributed by atoms with Crippen molar-refractivity contribution in [2.24, 2.45) is 0 Å². The zero-order valence-corrected chi connectivity index (χ0v) is 14.0. The molecule has 10 heteroatoms. The minimum atomic E-state index is -0.563. The molecule has 0 spiro atoms. The number of hydrogen-bond donors (Lipinski definition) is 2. The Labute approximate surface area is 145 Å². The fourth-order valence-corrected chi connectivity index (χ4v) is 2.19. The van der Waals surface area contributed by atoms with Crippen molar-refractivity contribution in [3.05, 3.63) is 33.3 Å². The van der Waals surface area contributed by atoms with Gasteiger partial charge in [0, 0.05) is 37.3 Å². The van der Waals surface area contributed by atoms with Gasteiger partial charge in [-0.05, 0) is 12.1 Å². The first-order valence-corrected chi connectivity index (χ1v) is 6.61. The molecule has 1 fully saturated rings. The highest BCUT2D eigenvalue weighted by molar-refractivity contribution is 6.31. The Hall–Kier alpha value is -1.12. The predicted molar refractivity (Wildman–Crippen MR) is 90.5 cm³/mol. The smallest absolute Gasteiger partial charge is 0.294 e. The quantitative estimate of drug-likeness (QED) is 0.624. The molecule has 0 atom stereocenters. The van der Waals surface area contributed by atoms with E-state index in [2.05, 4.69) is 10.6 Å². The van der Waals surface area contributed by atoms with E-state index in [4.69, 9.17) is 11.6 Å². The Balaban J connectivity index is 0.00000220. The first-order chi connectivity index (χ1) is 9.56. The summed E-state index contributed by atoms with van der Waals surface area (Å²) in [5, 5.41) is 16.9. The topological polar surface area (TPSA) is 87.5 Å². The lowest BCUT2D eigenvalue weighted by molar-refractivity contribution is -0.383. The van der Waals surface area contributed by atoms with Gasteiger partial charge in [0.1, 0.15) is 5.69 Å². The van der Waals surface area contributed by atoms with Crippen LogP contribution in [0.1, 0.15) is 0 Å². The maximum Gasteiger partial charge on any atom is 0.294 e. The van der Waals surface area contributed by atoms with Crippen LogP contribution in [-0.2, 0) is 4.79 Å². The van der Waals surface area contributed by atoms with Gasteiger partial charge in [0.15, 0.2) is 0 Å². The van der Waals surface area contributed by atoms with Crippen molar-refractivity contribution in [3.63, 3.8) is 0 Å². The molecule has 0 aliphatic carbocycles. The number of nitro groups is 1. The molecule has 0 aromatic heterocycles. The highest BCUT2D eigenvalue weighted by Crippen LogP contribution is 2.27. The second kappa shape index (κ2) is 9.81. The molecule has 0 radical (unpaired) electrons. The Morgan fingerprint density at radius 3 is 2.59 bits per heavy atom. The van der Waals surface area contributed by atoms with E-state index < -0.39 is 4.92 Å². The SMILES string of the molecule is Cl.Cl.O=C(CN1CCNCC1)Nc1ccc(Cl)cc1[N+](=O)[O-]. The summed E-state index contributed by atoms with van der Waals surface area (Å²) < 4.78 is 0. The highest BCUT2D eigenvalue weighted by Gasteiger charge is 2.18. The predicted octanol–water partition coefficient (Wildman–Crippen LogP) is 1.94. The van der Waals surface area contributed by atoms with Crippen molar-refractivity contribution in [2.45, 2.75) is 0 Å². The summed E-state index contributed by atoms with van der Waals surface area (Å²) in [6, 6.07) is 4.17. The van der Waals surface area contributed by atoms with E-state index in [0.29, 0.717) is 0 Å². The van der Waals surface area contributed by atoms with Crippen LogP contribution in [0, 0.1) is 10.1 Å². The third-order valence-electron chi connectivity index (χ3n) is 3.01. The Morgan fingerprint density at radius 1 is 1.36 bits per heavy atom. The van der Waals surface area contributed by atoms with Gasteiger partial charge in [-0.3, -0.25) is 19.8 Å². The summed E-state index contributed by atoms with van der Waals surface area (Å²) in [4.78, 5) is 24.3. The molecule has 0 saturated carbocycles. The number of halogens is 3. The minimum absolute atomic E-state index is 0. The molecule has 124 valence electrons. The highest BCUT2D eigenvalue weighted by atomic mass is 35.5. The van der Waals surface area contributed by atoms with Gasteiger partial charge in [-0.25, -0.2) is 0 Å². The average molecular weight is 372 g/mol. The number of carbonyl (C=O) groups is 1. The monoisotopic (exact) mass is 370 g/mol. The lowest BCUT2D eigenvalue weighted by Crippen LogP contribution is -2.46. The Kier molecular flexibility index (Phi) is 9.31. The van der Waals surface area contributed by atoms with E-state index in [0.717, 1.165) is 26.2 Å². The van der Waals surface area contributed by atoms with Gasteiger partial charge in [-0.2, -0.15) is 0 Å². The first-order valence-electron chi connectivity index (χ1n) is 6.23. The van der Waals surface area contributed by atoms with E-state index in [9.17, 15) is 14.9 Å². The van der Waals surface area contributed by atoms with Crippen molar-refractivity contribution < 1.29 is 9.72 Å². The molecule has 0 unspecified atom stereocenters. The average Bonchev–Trinajstić information content (AvgIpc) is 2.41. The summed E-state index contributed by atoms with van der Waals surface area (Å²) >= 11 is 5.72. The molecule has 1 aromatic rings. The van der Waals surface area contributed by atoms with Gasteiger partial charge < -0.3 is 10.6 Å². The zero-order valence-electron chi connectivity index (χ0n) is 11.6. The largest absolute Gasteiger partial charge is 0.319 e. The van der Waals surface area contributed by atoms with Crippen LogP contribution in [-0.4, -0.2) is 48.5 Å².